The van der Waals surface area contributed by atoms with Crippen LogP contribution in [0, 0.1) is 5.92 Å². The topological polar surface area (TPSA) is 105 Å². The van der Waals surface area contributed by atoms with Crippen molar-refractivity contribution >= 4 is 15.9 Å². The van der Waals surface area contributed by atoms with E-state index < -0.39 is 15.9 Å². The average molecular weight is 483 g/mol. The summed E-state index contributed by atoms with van der Waals surface area (Å²) in [7, 11) is -3.62. The van der Waals surface area contributed by atoms with Crippen LogP contribution >= 0.6 is 0 Å². The number of hydrogen-bond acceptors (Lipinski definition) is 6. The van der Waals surface area contributed by atoms with E-state index >= 15 is 0 Å². The van der Waals surface area contributed by atoms with Gasteiger partial charge >= 0.3 is 0 Å². The molecule has 8 nitrogen and oxygen atoms in total. The zero-order valence-electron chi connectivity index (χ0n) is 19.7. The zero-order chi connectivity index (χ0) is 24.3. The molecule has 1 aromatic heterocycles. The van der Waals surface area contributed by atoms with Crippen LogP contribution in [0.25, 0.3) is 11.4 Å². The van der Waals surface area contributed by atoms with Crippen molar-refractivity contribution in [3.63, 3.8) is 0 Å². The maximum Gasteiger partial charge on any atom is 0.246 e. The molecule has 4 rings (SSSR count). The van der Waals surface area contributed by atoms with Crippen molar-refractivity contribution in [1.82, 2.24) is 19.8 Å². The number of carbonyl (C=O) groups excluding carboxylic acids is 1. The number of aromatic nitrogens is 2. The molecule has 1 aliphatic rings. The molecule has 0 bridgehead atoms. The van der Waals surface area contributed by atoms with Crippen LogP contribution in [0.5, 0.6) is 0 Å². The Morgan fingerprint density at radius 1 is 1.12 bits per heavy atom. The van der Waals surface area contributed by atoms with E-state index in [-0.39, 0.29) is 29.3 Å². The number of nitrogens with zero attached hydrogens (tertiary/aromatic N) is 3. The quantitative estimate of drug-likeness (QED) is 0.574. The summed E-state index contributed by atoms with van der Waals surface area (Å²) in [6, 6.07) is 16.3. The Bertz CT molecular complexity index is 1230. The van der Waals surface area contributed by atoms with Crippen molar-refractivity contribution in [3.8, 4) is 11.4 Å². The van der Waals surface area contributed by atoms with Gasteiger partial charge in [-0.25, -0.2) is 8.42 Å². The van der Waals surface area contributed by atoms with Gasteiger partial charge in [0.15, 0.2) is 0 Å². The number of hydrogen-bond donors (Lipinski definition) is 1. The van der Waals surface area contributed by atoms with Gasteiger partial charge in [-0.3, -0.25) is 4.79 Å². The van der Waals surface area contributed by atoms with E-state index in [9.17, 15) is 13.2 Å². The van der Waals surface area contributed by atoms with E-state index in [1.165, 1.54) is 9.87 Å². The minimum atomic E-state index is -3.62. The normalized spacial score (nSPS) is 17.4. The summed E-state index contributed by atoms with van der Waals surface area (Å²) in [4.78, 5) is 17.4. The molecule has 1 fully saturated rings. The molecule has 34 heavy (non-hydrogen) atoms. The van der Waals surface area contributed by atoms with E-state index in [1.54, 1.807) is 30.3 Å². The molecule has 9 heteroatoms. The molecule has 2 heterocycles. The standard InChI is InChI=1S/C25H30N4O4S/c1-25(2,3)20-13-11-18(12-14-20)23-27-22(33-28-23)16-26-24(30)19-8-7-15-29(17-19)34(31,32)21-9-5-4-6-10-21/h4-6,9-14,19H,7-8,15-17H2,1-3H3,(H,26,30)/t19-/m0/s1. The SMILES string of the molecule is CC(C)(C)c1ccc(-c2noc(CNC(=O)[C@H]3CCCN(S(=O)(=O)c4ccccc4)C3)n2)cc1. The third-order valence-corrected chi connectivity index (χ3v) is 7.91. The minimum Gasteiger partial charge on any atom is -0.347 e. The van der Waals surface area contributed by atoms with Crippen LogP contribution in [-0.4, -0.2) is 41.9 Å². The Morgan fingerprint density at radius 2 is 1.82 bits per heavy atom. The minimum absolute atomic E-state index is 0.0559. The molecule has 1 N–H and O–H groups in total. The van der Waals surface area contributed by atoms with E-state index in [0.717, 1.165) is 5.56 Å². The molecule has 1 aliphatic heterocycles. The van der Waals surface area contributed by atoms with Gasteiger partial charge in [0, 0.05) is 18.7 Å². The van der Waals surface area contributed by atoms with Gasteiger partial charge in [0.2, 0.25) is 27.6 Å². The predicted octanol–water partition coefficient (Wildman–Crippen LogP) is 3.75. The Balaban J connectivity index is 1.35. The molecule has 0 radical (unpaired) electrons. The molecular formula is C25H30N4O4S. The van der Waals surface area contributed by atoms with Crippen molar-refractivity contribution in [3.05, 3.63) is 66.1 Å². The van der Waals surface area contributed by atoms with Crippen LogP contribution in [0.3, 0.4) is 0 Å². The third kappa shape index (κ3) is 5.37. The fourth-order valence-corrected chi connectivity index (χ4v) is 5.53. The van der Waals surface area contributed by atoms with Gasteiger partial charge in [-0.1, -0.05) is 68.4 Å². The lowest BCUT2D eigenvalue weighted by atomic mass is 9.87. The second-order valence-electron chi connectivity index (χ2n) is 9.57. The molecule has 1 saturated heterocycles. The Kier molecular flexibility index (Phi) is 6.86. The third-order valence-electron chi connectivity index (χ3n) is 6.03. The molecule has 180 valence electrons. The molecule has 0 spiro atoms. The van der Waals surface area contributed by atoms with E-state index in [4.69, 9.17) is 4.52 Å². The van der Waals surface area contributed by atoms with E-state index in [2.05, 4.69) is 36.2 Å². The first-order valence-corrected chi connectivity index (χ1v) is 12.8. The molecule has 1 atom stereocenters. The number of nitrogens with one attached hydrogen (secondary N) is 1. The summed E-state index contributed by atoms with van der Waals surface area (Å²) in [5.74, 6) is 0.108. The maximum atomic E-state index is 12.9. The highest BCUT2D eigenvalue weighted by molar-refractivity contribution is 7.89. The van der Waals surface area contributed by atoms with Crippen molar-refractivity contribution in [2.75, 3.05) is 13.1 Å². The Hall–Kier alpha value is -3.04. The van der Waals surface area contributed by atoms with Gasteiger partial charge in [0.05, 0.1) is 17.4 Å². The highest BCUT2D eigenvalue weighted by atomic mass is 32.2. The molecule has 0 aliphatic carbocycles. The Morgan fingerprint density at radius 3 is 2.50 bits per heavy atom. The van der Waals surface area contributed by atoms with Crippen molar-refractivity contribution < 1.29 is 17.7 Å². The molecular weight excluding hydrogens is 452 g/mol. The van der Waals surface area contributed by atoms with Gasteiger partial charge in [-0.05, 0) is 36.0 Å². The number of carbonyl (C=O) groups is 1. The number of rotatable bonds is 6. The summed E-state index contributed by atoms with van der Waals surface area (Å²) >= 11 is 0. The lowest BCUT2D eigenvalue weighted by Gasteiger charge is -2.31. The van der Waals surface area contributed by atoms with Crippen molar-refractivity contribution in [2.24, 2.45) is 5.92 Å². The molecule has 0 unspecified atom stereocenters. The molecule has 3 aromatic rings. The van der Waals surface area contributed by atoms with Crippen LogP contribution in [0.4, 0.5) is 0 Å². The largest absolute Gasteiger partial charge is 0.347 e. The number of sulfonamides is 1. The van der Waals surface area contributed by atoms with Gasteiger partial charge in [-0.2, -0.15) is 9.29 Å². The smallest absolute Gasteiger partial charge is 0.246 e. The summed E-state index contributed by atoms with van der Waals surface area (Å²) < 4.78 is 32.5. The highest BCUT2D eigenvalue weighted by Gasteiger charge is 2.33. The number of amides is 1. The van der Waals surface area contributed by atoms with Gasteiger partial charge in [0.1, 0.15) is 0 Å². The highest BCUT2D eigenvalue weighted by Crippen LogP contribution is 2.26. The summed E-state index contributed by atoms with van der Waals surface area (Å²) in [5, 5.41) is 6.84. The zero-order valence-corrected chi connectivity index (χ0v) is 20.5. The predicted molar refractivity (Wildman–Crippen MR) is 128 cm³/mol. The first-order valence-electron chi connectivity index (χ1n) is 11.4. The van der Waals surface area contributed by atoms with Gasteiger partial charge in [-0.15, -0.1) is 0 Å². The van der Waals surface area contributed by atoms with Crippen LogP contribution in [0.1, 0.15) is 45.1 Å². The molecule has 1 amide bonds. The number of piperidine rings is 1. The second-order valence-corrected chi connectivity index (χ2v) is 11.5. The lowest BCUT2D eigenvalue weighted by Crippen LogP contribution is -2.45. The average Bonchev–Trinajstić information content (AvgIpc) is 3.32. The van der Waals surface area contributed by atoms with Gasteiger partial charge in [0.25, 0.3) is 0 Å². The maximum absolute atomic E-state index is 12.9. The summed E-state index contributed by atoms with van der Waals surface area (Å²) in [6.45, 7) is 7.10. The fourth-order valence-electron chi connectivity index (χ4n) is 3.99. The number of benzene rings is 2. The van der Waals surface area contributed by atoms with E-state index in [0.29, 0.717) is 31.1 Å². The van der Waals surface area contributed by atoms with Crippen LogP contribution in [0.2, 0.25) is 0 Å². The lowest BCUT2D eigenvalue weighted by molar-refractivity contribution is -0.126. The first kappa shape index (κ1) is 24.1. The second kappa shape index (κ2) is 9.68. The van der Waals surface area contributed by atoms with Crippen LogP contribution in [0.15, 0.2) is 64.0 Å². The molecule has 0 saturated carbocycles. The van der Waals surface area contributed by atoms with Crippen LogP contribution in [-0.2, 0) is 26.8 Å². The first-order chi connectivity index (χ1) is 16.1. The Labute approximate surface area is 200 Å². The van der Waals surface area contributed by atoms with Crippen LogP contribution < -0.4 is 5.32 Å². The van der Waals surface area contributed by atoms with Gasteiger partial charge < -0.3 is 9.84 Å². The summed E-state index contributed by atoms with van der Waals surface area (Å²) in [5.41, 5.74) is 2.10. The van der Waals surface area contributed by atoms with Crippen molar-refractivity contribution in [1.29, 1.82) is 0 Å². The summed E-state index contributed by atoms with van der Waals surface area (Å²) in [6.07, 6.45) is 1.25. The van der Waals surface area contributed by atoms with E-state index in [1.807, 2.05) is 24.3 Å². The monoisotopic (exact) mass is 482 g/mol. The fraction of sp³-hybridized carbons (Fsp3) is 0.400. The van der Waals surface area contributed by atoms with Crippen molar-refractivity contribution in [2.45, 2.75) is 50.5 Å². The molecule has 2 aromatic carbocycles.